The first-order chi connectivity index (χ1) is 14.4. The number of hydrogen-bond acceptors (Lipinski definition) is 1. The topological polar surface area (TPSA) is 13.1 Å². The Labute approximate surface area is 166 Å². The first-order valence-electron chi connectivity index (χ1n) is 9.96. The summed E-state index contributed by atoms with van der Waals surface area (Å²) < 4.78 is 6.58. The molecule has 0 spiro atoms. The lowest BCUT2D eigenvalue weighted by atomic mass is 9.98. The Morgan fingerprint density at radius 1 is 0.310 bits per heavy atom. The monoisotopic (exact) mass is 368 g/mol. The first-order valence-corrected chi connectivity index (χ1v) is 9.96. The van der Waals surface area contributed by atoms with E-state index in [9.17, 15) is 0 Å². The van der Waals surface area contributed by atoms with Crippen LogP contribution in [0.3, 0.4) is 0 Å². The van der Waals surface area contributed by atoms with Gasteiger partial charge in [0.15, 0.2) is 0 Å². The number of furan rings is 1. The lowest BCUT2D eigenvalue weighted by molar-refractivity contribution is 0.676. The summed E-state index contributed by atoms with van der Waals surface area (Å²) in [6.45, 7) is 0. The van der Waals surface area contributed by atoms with E-state index in [1.807, 2.05) is 0 Å². The Bertz CT molecular complexity index is 1620. The van der Waals surface area contributed by atoms with Gasteiger partial charge in [-0.3, -0.25) is 0 Å². The molecule has 0 saturated heterocycles. The van der Waals surface area contributed by atoms with Crippen LogP contribution in [0.25, 0.3) is 65.0 Å². The highest BCUT2D eigenvalue weighted by Crippen LogP contribution is 2.40. The van der Waals surface area contributed by atoms with E-state index in [-0.39, 0.29) is 0 Å². The van der Waals surface area contributed by atoms with E-state index in [0.717, 1.165) is 11.2 Å². The van der Waals surface area contributed by atoms with Crippen molar-refractivity contribution < 1.29 is 4.42 Å². The number of hydrogen-bond donors (Lipinski definition) is 0. The van der Waals surface area contributed by atoms with Gasteiger partial charge in [-0.25, -0.2) is 0 Å². The molecular weight excluding hydrogens is 352 g/mol. The number of rotatable bonds is 0. The van der Waals surface area contributed by atoms with Crippen LogP contribution in [0.15, 0.2) is 101 Å². The highest BCUT2D eigenvalue weighted by Gasteiger charge is 2.14. The van der Waals surface area contributed by atoms with Crippen LogP contribution in [0.4, 0.5) is 0 Å². The fraction of sp³-hybridized carbons (Fsp3) is 0. The summed E-state index contributed by atoms with van der Waals surface area (Å²) in [5, 5.41) is 12.2. The predicted molar refractivity (Wildman–Crippen MR) is 124 cm³/mol. The standard InChI is InChI=1S/C28H16O/c1-3-7-19-17(5-1)9-11-23-21(19)13-15-25-26-16-14-22-20-8-4-2-6-18(20)10-12-24(22)28(26)29-27(23)25/h1-16H. The van der Waals surface area contributed by atoms with Crippen LogP contribution >= 0.6 is 0 Å². The molecule has 0 N–H and O–H groups in total. The molecule has 1 nitrogen and oxygen atoms in total. The van der Waals surface area contributed by atoms with Gasteiger partial charge in [0.1, 0.15) is 11.2 Å². The van der Waals surface area contributed by atoms with Gasteiger partial charge in [-0.1, -0.05) is 72.8 Å². The summed E-state index contributed by atoms with van der Waals surface area (Å²) in [6.07, 6.45) is 0. The summed E-state index contributed by atoms with van der Waals surface area (Å²) in [7, 11) is 0. The van der Waals surface area contributed by atoms with Crippen molar-refractivity contribution in [1.82, 2.24) is 0 Å². The van der Waals surface area contributed by atoms with Gasteiger partial charge in [0, 0.05) is 21.5 Å². The molecule has 7 rings (SSSR count). The van der Waals surface area contributed by atoms with Crippen LogP contribution in [-0.4, -0.2) is 0 Å². The van der Waals surface area contributed by atoms with Gasteiger partial charge < -0.3 is 4.42 Å². The van der Waals surface area contributed by atoms with Crippen LogP contribution in [0, 0.1) is 0 Å². The van der Waals surface area contributed by atoms with E-state index in [1.54, 1.807) is 0 Å². The van der Waals surface area contributed by atoms with E-state index in [2.05, 4.69) is 97.1 Å². The third-order valence-corrected chi connectivity index (χ3v) is 6.25. The number of benzene rings is 6. The smallest absolute Gasteiger partial charge is 0.143 e. The molecular formula is C28H16O. The van der Waals surface area contributed by atoms with Crippen molar-refractivity contribution in [2.75, 3.05) is 0 Å². The second-order valence-corrected chi connectivity index (χ2v) is 7.75. The molecule has 0 radical (unpaired) electrons. The van der Waals surface area contributed by atoms with E-state index in [1.165, 1.54) is 53.9 Å². The molecule has 0 aliphatic heterocycles. The predicted octanol–water partition coefficient (Wildman–Crippen LogP) is 8.20. The van der Waals surface area contributed by atoms with E-state index in [4.69, 9.17) is 4.42 Å². The third kappa shape index (κ3) is 1.94. The maximum absolute atomic E-state index is 6.58. The molecule has 0 amide bonds. The molecule has 29 heavy (non-hydrogen) atoms. The van der Waals surface area contributed by atoms with Gasteiger partial charge >= 0.3 is 0 Å². The van der Waals surface area contributed by atoms with Gasteiger partial charge in [-0.15, -0.1) is 0 Å². The highest BCUT2D eigenvalue weighted by molar-refractivity contribution is 6.25. The van der Waals surface area contributed by atoms with E-state index >= 15 is 0 Å². The van der Waals surface area contributed by atoms with Crippen LogP contribution in [-0.2, 0) is 0 Å². The van der Waals surface area contributed by atoms with Gasteiger partial charge in [0.05, 0.1) is 0 Å². The summed E-state index contributed by atoms with van der Waals surface area (Å²) >= 11 is 0. The Kier molecular flexibility index (Phi) is 2.80. The van der Waals surface area contributed by atoms with E-state index in [0.29, 0.717) is 0 Å². The molecule has 0 bridgehead atoms. The summed E-state index contributed by atoms with van der Waals surface area (Å²) in [5.74, 6) is 0. The molecule has 1 aromatic heterocycles. The summed E-state index contributed by atoms with van der Waals surface area (Å²) in [5.41, 5.74) is 1.95. The molecule has 1 heteroatoms. The van der Waals surface area contributed by atoms with Crippen molar-refractivity contribution in [3.8, 4) is 0 Å². The molecule has 134 valence electrons. The Hall–Kier alpha value is -3.84. The summed E-state index contributed by atoms with van der Waals surface area (Å²) in [4.78, 5) is 0. The average molecular weight is 368 g/mol. The van der Waals surface area contributed by atoms with Gasteiger partial charge in [-0.05, 0) is 56.6 Å². The second-order valence-electron chi connectivity index (χ2n) is 7.75. The van der Waals surface area contributed by atoms with Crippen molar-refractivity contribution in [2.45, 2.75) is 0 Å². The van der Waals surface area contributed by atoms with Gasteiger partial charge in [-0.2, -0.15) is 0 Å². The SMILES string of the molecule is c1ccc2c(c1)ccc1c2ccc2c3ccc4c5ccccc5ccc4c3oc12. The Morgan fingerprint density at radius 3 is 1.21 bits per heavy atom. The van der Waals surface area contributed by atoms with Crippen molar-refractivity contribution >= 4 is 65.0 Å². The zero-order valence-electron chi connectivity index (χ0n) is 15.6. The Morgan fingerprint density at radius 2 is 0.690 bits per heavy atom. The van der Waals surface area contributed by atoms with Crippen molar-refractivity contribution in [2.24, 2.45) is 0 Å². The fourth-order valence-electron chi connectivity index (χ4n) is 4.87. The fourth-order valence-corrected chi connectivity index (χ4v) is 4.87. The van der Waals surface area contributed by atoms with E-state index < -0.39 is 0 Å². The lowest BCUT2D eigenvalue weighted by Gasteiger charge is -2.04. The average Bonchev–Trinajstić information content (AvgIpc) is 3.18. The van der Waals surface area contributed by atoms with Gasteiger partial charge in [0.2, 0.25) is 0 Å². The zero-order chi connectivity index (χ0) is 18.9. The molecule has 1 heterocycles. The maximum Gasteiger partial charge on any atom is 0.143 e. The largest absolute Gasteiger partial charge is 0.455 e. The molecule has 0 aliphatic rings. The number of fused-ring (bicyclic) bond motifs is 11. The molecule has 0 saturated carbocycles. The lowest BCUT2D eigenvalue weighted by Crippen LogP contribution is -1.78. The van der Waals surface area contributed by atoms with Crippen molar-refractivity contribution in [3.63, 3.8) is 0 Å². The molecule has 0 unspecified atom stereocenters. The minimum Gasteiger partial charge on any atom is -0.455 e. The third-order valence-electron chi connectivity index (χ3n) is 6.25. The molecule has 0 atom stereocenters. The second kappa shape index (κ2) is 5.36. The molecule has 6 aromatic carbocycles. The molecule has 7 aromatic rings. The van der Waals surface area contributed by atoms with Crippen molar-refractivity contribution in [1.29, 1.82) is 0 Å². The maximum atomic E-state index is 6.58. The summed E-state index contributed by atoms with van der Waals surface area (Å²) in [6, 6.07) is 34.7. The quantitative estimate of drug-likeness (QED) is 0.246. The normalized spacial score (nSPS) is 12.1. The molecule has 0 aliphatic carbocycles. The molecule has 0 fully saturated rings. The minimum atomic E-state index is 0.976. The van der Waals surface area contributed by atoms with Crippen molar-refractivity contribution in [3.05, 3.63) is 97.1 Å². The first kappa shape index (κ1) is 15.1. The van der Waals surface area contributed by atoms with Crippen LogP contribution in [0.5, 0.6) is 0 Å². The van der Waals surface area contributed by atoms with Gasteiger partial charge in [0.25, 0.3) is 0 Å². The highest BCUT2D eigenvalue weighted by atomic mass is 16.3. The zero-order valence-corrected chi connectivity index (χ0v) is 15.6. The van der Waals surface area contributed by atoms with Crippen LogP contribution in [0.1, 0.15) is 0 Å². The van der Waals surface area contributed by atoms with Crippen LogP contribution < -0.4 is 0 Å². The Balaban J connectivity index is 1.68. The van der Waals surface area contributed by atoms with Crippen LogP contribution in [0.2, 0.25) is 0 Å². The minimum absolute atomic E-state index is 0.976.